The smallest absolute Gasteiger partial charge is 0.302 e. The van der Waals surface area contributed by atoms with Gasteiger partial charge in [-0.05, 0) is 61.5 Å². The molecule has 9 heteroatoms. The molecule has 0 spiro atoms. The number of thiazole rings is 1. The summed E-state index contributed by atoms with van der Waals surface area (Å²) < 4.78 is 25.1. The van der Waals surface area contributed by atoms with Crippen LogP contribution in [0.5, 0.6) is 5.75 Å². The molecule has 33 heavy (non-hydrogen) atoms. The van der Waals surface area contributed by atoms with Crippen molar-refractivity contribution in [2.24, 2.45) is 0 Å². The second kappa shape index (κ2) is 7.86. The van der Waals surface area contributed by atoms with Crippen LogP contribution in [0, 0.1) is 12.7 Å². The maximum absolute atomic E-state index is 13.7. The Hall–Kier alpha value is -3.98. The summed E-state index contributed by atoms with van der Waals surface area (Å²) in [6, 6.07) is 12.9. The molecule has 2 aromatic heterocycles. The first-order valence-electron chi connectivity index (χ1n) is 9.95. The molecular weight excluding hydrogens is 447 g/mol. The maximum atomic E-state index is 13.7. The minimum absolute atomic E-state index is 0.120. The molecule has 3 heterocycles. The number of Topliss-reactive ketones (excluding diaryl/α,β-unsaturated/α-hetero) is 1. The average Bonchev–Trinajstić information content (AvgIpc) is 3.49. The Morgan fingerprint density at radius 1 is 1.15 bits per heavy atom. The van der Waals surface area contributed by atoms with Crippen LogP contribution >= 0.6 is 11.3 Å². The fourth-order valence-corrected chi connectivity index (χ4v) is 4.81. The Bertz CT molecular complexity index is 1440. The molecule has 1 aliphatic rings. The van der Waals surface area contributed by atoms with E-state index < -0.39 is 23.5 Å². The lowest BCUT2D eigenvalue weighted by Crippen LogP contribution is -2.29. The number of carbonyl (C=O) groups is 2. The number of halogens is 1. The van der Waals surface area contributed by atoms with Crippen molar-refractivity contribution in [2.75, 3.05) is 12.0 Å². The number of aryl methyl sites for hydroxylation is 1. The highest BCUT2D eigenvalue weighted by molar-refractivity contribution is 7.22. The molecular formula is C24H17FN2O5S. The highest BCUT2D eigenvalue weighted by atomic mass is 32.1. The largest absolute Gasteiger partial charge is 0.507 e. The van der Waals surface area contributed by atoms with Gasteiger partial charge in [-0.3, -0.25) is 14.5 Å². The number of furan rings is 1. The van der Waals surface area contributed by atoms with Crippen LogP contribution in [0.1, 0.15) is 23.1 Å². The van der Waals surface area contributed by atoms with Gasteiger partial charge in [-0.1, -0.05) is 11.3 Å². The van der Waals surface area contributed by atoms with E-state index in [2.05, 4.69) is 4.98 Å². The number of benzene rings is 2. The molecule has 7 nitrogen and oxygen atoms in total. The van der Waals surface area contributed by atoms with Crippen molar-refractivity contribution in [3.63, 3.8) is 0 Å². The summed E-state index contributed by atoms with van der Waals surface area (Å²) in [7, 11) is 1.52. The van der Waals surface area contributed by atoms with E-state index in [0.29, 0.717) is 33.1 Å². The summed E-state index contributed by atoms with van der Waals surface area (Å²) in [5.74, 6) is -1.05. The number of anilines is 1. The quantitative estimate of drug-likeness (QED) is 0.260. The third kappa shape index (κ3) is 3.46. The fourth-order valence-electron chi connectivity index (χ4n) is 3.79. The van der Waals surface area contributed by atoms with Crippen molar-refractivity contribution in [2.45, 2.75) is 13.0 Å². The third-order valence-corrected chi connectivity index (χ3v) is 6.40. The van der Waals surface area contributed by atoms with E-state index in [9.17, 15) is 19.1 Å². The van der Waals surface area contributed by atoms with Crippen LogP contribution in [0.3, 0.4) is 0 Å². The standard InChI is InChI=1S/C24H17FN2O5S/c1-12-3-10-17(32-12)20-19(21(28)13-4-7-15(31-2)8-5-13)22(29)23(30)27(20)24-26-16-9-6-14(25)11-18(16)33-24/h3-11,20,28H,1-2H3/b21-19+. The average molecular weight is 464 g/mol. The van der Waals surface area contributed by atoms with Crippen LogP contribution < -0.4 is 9.64 Å². The first-order chi connectivity index (χ1) is 15.9. The van der Waals surface area contributed by atoms with Gasteiger partial charge in [0, 0.05) is 5.56 Å². The summed E-state index contributed by atoms with van der Waals surface area (Å²) in [5.41, 5.74) is 0.709. The highest BCUT2D eigenvalue weighted by Crippen LogP contribution is 2.44. The van der Waals surface area contributed by atoms with Crippen LogP contribution in [-0.2, 0) is 9.59 Å². The number of aliphatic hydroxyl groups is 1. The molecule has 5 rings (SSSR count). The molecule has 0 saturated carbocycles. The van der Waals surface area contributed by atoms with Gasteiger partial charge in [0.25, 0.3) is 5.78 Å². The molecule has 1 unspecified atom stereocenters. The number of ether oxygens (including phenoxy) is 1. The fraction of sp³-hybridized carbons (Fsp3) is 0.125. The van der Waals surface area contributed by atoms with Crippen molar-refractivity contribution < 1.29 is 28.2 Å². The van der Waals surface area contributed by atoms with Crippen molar-refractivity contribution in [3.05, 3.63) is 83.1 Å². The summed E-state index contributed by atoms with van der Waals surface area (Å²) in [5, 5.41) is 11.3. The number of hydrogen-bond acceptors (Lipinski definition) is 7. The number of aliphatic hydroxyl groups excluding tert-OH is 1. The lowest BCUT2D eigenvalue weighted by atomic mass is 9.99. The lowest BCUT2D eigenvalue weighted by molar-refractivity contribution is -0.132. The number of aromatic nitrogens is 1. The Kier molecular flexibility index (Phi) is 4.98. The predicted molar refractivity (Wildman–Crippen MR) is 121 cm³/mol. The number of fused-ring (bicyclic) bond motifs is 1. The normalized spacial score (nSPS) is 17.8. The number of methoxy groups -OCH3 is 1. The van der Waals surface area contributed by atoms with Gasteiger partial charge in [0.1, 0.15) is 34.9 Å². The monoisotopic (exact) mass is 464 g/mol. The minimum Gasteiger partial charge on any atom is -0.507 e. The molecule has 1 aliphatic heterocycles. The first-order valence-corrected chi connectivity index (χ1v) is 10.8. The third-order valence-electron chi connectivity index (χ3n) is 5.38. The molecule has 4 aromatic rings. The molecule has 0 radical (unpaired) electrons. The molecule has 1 fully saturated rings. The first kappa shape index (κ1) is 20.9. The van der Waals surface area contributed by atoms with E-state index in [1.165, 1.54) is 30.2 Å². The second-order valence-electron chi connectivity index (χ2n) is 7.45. The van der Waals surface area contributed by atoms with E-state index in [0.717, 1.165) is 11.3 Å². The number of amides is 1. The molecule has 2 aromatic carbocycles. The van der Waals surface area contributed by atoms with E-state index in [4.69, 9.17) is 9.15 Å². The van der Waals surface area contributed by atoms with E-state index in [-0.39, 0.29) is 16.5 Å². The van der Waals surface area contributed by atoms with Crippen LogP contribution in [0.25, 0.3) is 16.0 Å². The zero-order valence-electron chi connectivity index (χ0n) is 17.5. The van der Waals surface area contributed by atoms with Gasteiger partial charge in [-0.2, -0.15) is 0 Å². The Morgan fingerprint density at radius 2 is 1.91 bits per heavy atom. The van der Waals surface area contributed by atoms with Crippen molar-refractivity contribution in [1.29, 1.82) is 0 Å². The molecule has 166 valence electrons. The van der Waals surface area contributed by atoms with Gasteiger partial charge >= 0.3 is 5.91 Å². The van der Waals surface area contributed by atoms with Crippen LogP contribution in [-0.4, -0.2) is 28.9 Å². The molecule has 1 amide bonds. The van der Waals surface area contributed by atoms with Gasteiger partial charge in [-0.15, -0.1) is 0 Å². The molecule has 1 saturated heterocycles. The van der Waals surface area contributed by atoms with Crippen LogP contribution in [0.4, 0.5) is 9.52 Å². The number of rotatable bonds is 4. The summed E-state index contributed by atoms with van der Waals surface area (Å²) in [6.45, 7) is 1.74. The lowest BCUT2D eigenvalue weighted by Gasteiger charge is -2.20. The van der Waals surface area contributed by atoms with Gasteiger partial charge in [0.2, 0.25) is 0 Å². The highest BCUT2D eigenvalue weighted by Gasteiger charge is 2.49. The minimum atomic E-state index is -1.04. The summed E-state index contributed by atoms with van der Waals surface area (Å²) in [6.07, 6.45) is 0. The molecule has 0 aliphatic carbocycles. The van der Waals surface area contributed by atoms with Gasteiger partial charge < -0.3 is 14.3 Å². The van der Waals surface area contributed by atoms with E-state index >= 15 is 0 Å². The zero-order valence-corrected chi connectivity index (χ0v) is 18.4. The Morgan fingerprint density at radius 3 is 2.58 bits per heavy atom. The maximum Gasteiger partial charge on any atom is 0.302 e. The number of ketones is 1. The van der Waals surface area contributed by atoms with E-state index in [1.807, 2.05) is 0 Å². The SMILES string of the molecule is COc1ccc(/C(O)=C2\C(=O)C(=O)N(c3nc4ccc(F)cc4s3)C2c2ccc(C)o2)cc1. The number of nitrogens with zero attached hydrogens (tertiary/aromatic N) is 2. The number of carbonyl (C=O) groups excluding carboxylic acids is 2. The van der Waals surface area contributed by atoms with Crippen LogP contribution in [0.15, 0.2) is 64.6 Å². The molecule has 1 atom stereocenters. The zero-order chi connectivity index (χ0) is 23.3. The Labute approximate surface area is 191 Å². The van der Waals surface area contributed by atoms with Crippen molar-refractivity contribution in [3.8, 4) is 5.75 Å². The Balaban J connectivity index is 1.70. The molecule has 0 bridgehead atoms. The molecule has 1 N–H and O–H groups in total. The van der Waals surface area contributed by atoms with Crippen LogP contribution in [0.2, 0.25) is 0 Å². The van der Waals surface area contributed by atoms with Crippen molar-refractivity contribution in [1.82, 2.24) is 4.98 Å². The second-order valence-corrected chi connectivity index (χ2v) is 8.46. The van der Waals surface area contributed by atoms with E-state index in [1.54, 1.807) is 43.3 Å². The predicted octanol–water partition coefficient (Wildman–Crippen LogP) is 4.97. The summed E-state index contributed by atoms with van der Waals surface area (Å²) >= 11 is 1.07. The van der Waals surface area contributed by atoms with Crippen molar-refractivity contribution >= 4 is 44.1 Å². The topological polar surface area (TPSA) is 92.9 Å². The number of hydrogen-bond donors (Lipinski definition) is 1. The van der Waals surface area contributed by atoms with Gasteiger partial charge in [-0.25, -0.2) is 9.37 Å². The summed E-state index contributed by atoms with van der Waals surface area (Å²) in [4.78, 5) is 31.9. The van der Waals surface area contributed by atoms with Gasteiger partial charge in [0.15, 0.2) is 5.13 Å². The van der Waals surface area contributed by atoms with Gasteiger partial charge in [0.05, 0.1) is 22.9 Å².